The number of hydrogen-bond acceptors (Lipinski definition) is 3. The second-order valence-electron chi connectivity index (χ2n) is 4.18. The van der Waals surface area contributed by atoms with Crippen molar-refractivity contribution in [3.8, 4) is 6.07 Å². The predicted octanol–water partition coefficient (Wildman–Crippen LogP) is 1.53. The van der Waals surface area contributed by atoms with Crippen LogP contribution in [-0.2, 0) is 0 Å². The lowest BCUT2D eigenvalue weighted by molar-refractivity contribution is 0.133. The van der Waals surface area contributed by atoms with Gasteiger partial charge in [-0.2, -0.15) is 5.26 Å². The Morgan fingerprint density at radius 1 is 1.64 bits per heavy atom. The molecule has 3 nitrogen and oxygen atoms in total. The molecule has 1 fully saturated rings. The van der Waals surface area contributed by atoms with Crippen LogP contribution in [-0.4, -0.2) is 35.2 Å². The zero-order valence-corrected chi connectivity index (χ0v) is 8.95. The lowest BCUT2D eigenvalue weighted by atomic mass is 10.1. The summed E-state index contributed by atoms with van der Waals surface area (Å²) in [7, 11) is 0. The van der Waals surface area contributed by atoms with Gasteiger partial charge in [0.1, 0.15) is 0 Å². The van der Waals surface area contributed by atoms with E-state index < -0.39 is 0 Å². The number of nitriles is 1. The number of rotatable bonds is 5. The molecule has 0 saturated carbocycles. The Morgan fingerprint density at radius 2 is 2.43 bits per heavy atom. The van der Waals surface area contributed by atoms with Gasteiger partial charge in [0.2, 0.25) is 0 Å². The molecule has 1 aliphatic heterocycles. The average Bonchev–Trinajstić information content (AvgIpc) is 2.52. The second kappa shape index (κ2) is 6.00. The van der Waals surface area contributed by atoms with E-state index in [0.717, 1.165) is 25.9 Å². The Morgan fingerprint density at radius 3 is 3.07 bits per heavy atom. The minimum atomic E-state index is -0.198. The van der Waals surface area contributed by atoms with Crippen molar-refractivity contribution in [2.24, 2.45) is 0 Å². The normalized spacial score (nSPS) is 24.8. The van der Waals surface area contributed by atoms with E-state index >= 15 is 0 Å². The molecule has 0 aromatic heterocycles. The van der Waals surface area contributed by atoms with Crippen LogP contribution >= 0.6 is 0 Å². The summed E-state index contributed by atoms with van der Waals surface area (Å²) in [5.74, 6) is 0. The Labute approximate surface area is 86.3 Å². The summed E-state index contributed by atoms with van der Waals surface area (Å²) in [5, 5.41) is 17.8. The summed E-state index contributed by atoms with van der Waals surface area (Å²) >= 11 is 0. The van der Waals surface area contributed by atoms with Gasteiger partial charge in [0.05, 0.1) is 12.2 Å². The zero-order chi connectivity index (χ0) is 10.4. The molecule has 1 aliphatic rings. The SMILES string of the molecule is CC(O)CC1CCCN1CCCC#N. The highest BCUT2D eigenvalue weighted by atomic mass is 16.3. The van der Waals surface area contributed by atoms with Gasteiger partial charge in [-0.25, -0.2) is 0 Å². The van der Waals surface area contributed by atoms with Gasteiger partial charge in [0.25, 0.3) is 0 Å². The van der Waals surface area contributed by atoms with Gasteiger partial charge in [-0.1, -0.05) is 0 Å². The van der Waals surface area contributed by atoms with Gasteiger partial charge < -0.3 is 10.0 Å². The van der Waals surface area contributed by atoms with Crippen LogP contribution in [0, 0.1) is 11.3 Å². The Kier molecular flexibility index (Phi) is 4.92. The highest BCUT2D eigenvalue weighted by Gasteiger charge is 2.24. The Balaban J connectivity index is 2.25. The van der Waals surface area contributed by atoms with Crippen LogP contribution in [0.15, 0.2) is 0 Å². The summed E-state index contributed by atoms with van der Waals surface area (Å²) in [6.07, 6.45) is 4.75. The van der Waals surface area contributed by atoms with Gasteiger partial charge in [0.15, 0.2) is 0 Å². The van der Waals surface area contributed by atoms with Crippen LogP contribution in [0.3, 0.4) is 0 Å². The topological polar surface area (TPSA) is 47.3 Å². The van der Waals surface area contributed by atoms with Crippen molar-refractivity contribution < 1.29 is 5.11 Å². The molecule has 0 radical (unpaired) electrons. The number of nitrogens with zero attached hydrogens (tertiary/aromatic N) is 2. The lowest BCUT2D eigenvalue weighted by Gasteiger charge is -2.24. The van der Waals surface area contributed by atoms with Crippen molar-refractivity contribution in [2.75, 3.05) is 13.1 Å². The lowest BCUT2D eigenvalue weighted by Crippen LogP contribution is -2.32. The minimum Gasteiger partial charge on any atom is -0.393 e. The molecule has 0 aromatic carbocycles. The third kappa shape index (κ3) is 3.65. The first-order valence-electron chi connectivity index (χ1n) is 5.53. The van der Waals surface area contributed by atoms with Crippen molar-refractivity contribution in [3.63, 3.8) is 0 Å². The number of hydrogen-bond donors (Lipinski definition) is 1. The Bertz CT molecular complexity index is 198. The van der Waals surface area contributed by atoms with E-state index in [1.807, 2.05) is 6.92 Å². The van der Waals surface area contributed by atoms with E-state index in [0.29, 0.717) is 12.5 Å². The molecule has 2 atom stereocenters. The fraction of sp³-hybridized carbons (Fsp3) is 0.909. The van der Waals surface area contributed by atoms with Crippen molar-refractivity contribution >= 4 is 0 Å². The van der Waals surface area contributed by atoms with E-state index in [-0.39, 0.29) is 6.10 Å². The summed E-state index contributed by atoms with van der Waals surface area (Å²) in [4.78, 5) is 2.42. The molecule has 1 heterocycles. The van der Waals surface area contributed by atoms with Crippen molar-refractivity contribution in [1.29, 1.82) is 5.26 Å². The van der Waals surface area contributed by atoms with Crippen LogP contribution in [0.4, 0.5) is 0 Å². The molecular weight excluding hydrogens is 176 g/mol. The number of likely N-dealkylation sites (tertiary alicyclic amines) is 1. The summed E-state index contributed by atoms with van der Waals surface area (Å²) in [6, 6.07) is 2.72. The fourth-order valence-corrected chi connectivity index (χ4v) is 2.21. The third-order valence-corrected chi connectivity index (χ3v) is 2.85. The van der Waals surface area contributed by atoms with Crippen LogP contribution in [0.25, 0.3) is 0 Å². The maximum atomic E-state index is 9.32. The maximum absolute atomic E-state index is 9.32. The molecule has 80 valence electrons. The smallest absolute Gasteiger partial charge is 0.0622 e. The molecule has 0 aromatic rings. The molecular formula is C11H20N2O. The highest BCUT2D eigenvalue weighted by molar-refractivity contribution is 4.81. The molecule has 0 aliphatic carbocycles. The van der Waals surface area contributed by atoms with E-state index in [9.17, 15) is 5.11 Å². The van der Waals surface area contributed by atoms with Gasteiger partial charge in [0, 0.05) is 12.5 Å². The minimum absolute atomic E-state index is 0.198. The van der Waals surface area contributed by atoms with Crippen molar-refractivity contribution in [1.82, 2.24) is 4.90 Å². The van der Waals surface area contributed by atoms with Crippen molar-refractivity contribution in [3.05, 3.63) is 0 Å². The largest absolute Gasteiger partial charge is 0.393 e. The zero-order valence-electron chi connectivity index (χ0n) is 8.95. The number of unbranched alkanes of at least 4 members (excludes halogenated alkanes) is 1. The summed E-state index contributed by atoms with van der Waals surface area (Å²) in [5.41, 5.74) is 0. The first-order valence-corrected chi connectivity index (χ1v) is 5.53. The third-order valence-electron chi connectivity index (χ3n) is 2.85. The maximum Gasteiger partial charge on any atom is 0.0622 e. The molecule has 1 rings (SSSR count). The van der Waals surface area contributed by atoms with E-state index in [1.165, 1.54) is 12.8 Å². The second-order valence-corrected chi connectivity index (χ2v) is 4.18. The molecule has 0 spiro atoms. The summed E-state index contributed by atoms with van der Waals surface area (Å²) in [6.45, 7) is 4.01. The summed E-state index contributed by atoms with van der Waals surface area (Å²) < 4.78 is 0. The first-order chi connectivity index (χ1) is 6.74. The first kappa shape index (κ1) is 11.5. The Hall–Kier alpha value is -0.590. The van der Waals surface area contributed by atoms with Gasteiger partial charge in [-0.15, -0.1) is 0 Å². The van der Waals surface area contributed by atoms with Gasteiger partial charge >= 0.3 is 0 Å². The van der Waals surface area contributed by atoms with Crippen LogP contribution < -0.4 is 0 Å². The molecule has 2 unspecified atom stereocenters. The number of aliphatic hydroxyl groups excluding tert-OH is 1. The molecule has 1 saturated heterocycles. The van der Waals surface area contributed by atoms with Crippen LogP contribution in [0.2, 0.25) is 0 Å². The quantitative estimate of drug-likeness (QED) is 0.678. The standard InChI is InChI=1S/C11H20N2O/c1-10(14)9-11-5-4-8-13(11)7-3-2-6-12/h10-11,14H,2-5,7-9H2,1H3. The molecule has 3 heteroatoms. The van der Waals surface area contributed by atoms with E-state index in [4.69, 9.17) is 5.26 Å². The van der Waals surface area contributed by atoms with Gasteiger partial charge in [-0.3, -0.25) is 0 Å². The predicted molar refractivity (Wildman–Crippen MR) is 55.7 cm³/mol. The molecule has 0 bridgehead atoms. The number of aliphatic hydroxyl groups is 1. The molecule has 0 amide bonds. The van der Waals surface area contributed by atoms with Crippen LogP contribution in [0.5, 0.6) is 0 Å². The average molecular weight is 196 g/mol. The fourth-order valence-electron chi connectivity index (χ4n) is 2.21. The van der Waals surface area contributed by atoms with Crippen LogP contribution in [0.1, 0.15) is 39.0 Å². The molecule has 14 heavy (non-hydrogen) atoms. The van der Waals surface area contributed by atoms with Gasteiger partial charge in [-0.05, 0) is 45.7 Å². The van der Waals surface area contributed by atoms with Crippen molar-refractivity contribution in [2.45, 2.75) is 51.2 Å². The van der Waals surface area contributed by atoms with E-state index in [1.54, 1.807) is 0 Å². The van der Waals surface area contributed by atoms with E-state index in [2.05, 4.69) is 11.0 Å². The highest BCUT2D eigenvalue weighted by Crippen LogP contribution is 2.21. The monoisotopic (exact) mass is 196 g/mol. The molecule has 1 N–H and O–H groups in total.